The standard InChI is InChI=1S/C11H8ClN3S/c12-11-15-7-9(16-11)6-14-10-4-2-1-3-8(10)5-13/h1-4,7,14H,6H2. The van der Waals surface area contributed by atoms with Gasteiger partial charge in [-0.05, 0) is 12.1 Å². The Morgan fingerprint density at radius 2 is 2.25 bits per heavy atom. The number of nitriles is 1. The molecule has 0 amide bonds. The van der Waals surface area contributed by atoms with Crippen LogP contribution in [0.25, 0.3) is 0 Å². The minimum absolute atomic E-state index is 0.533. The van der Waals surface area contributed by atoms with Gasteiger partial charge >= 0.3 is 0 Å². The zero-order valence-corrected chi connectivity index (χ0v) is 9.85. The molecule has 0 aliphatic carbocycles. The molecule has 1 aromatic carbocycles. The first-order chi connectivity index (χ1) is 7.79. The fraction of sp³-hybridized carbons (Fsp3) is 0.0909. The average Bonchev–Trinajstić information content (AvgIpc) is 2.73. The maximum absolute atomic E-state index is 8.90. The van der Waals surface area contributed by atoms with Crippen molar-refractivity contribution in [1.82, 2.24) is 4.98 Å². The first kappa shape index (κ1) is 10.9. The van der Waals surface area contributed by atoms with E-state index in [-0.39, 0.29) is 0 Å². The van der Waals surface area contributed by atoms with Crippen LogP contribution >= 0.6 is 22.9 Å². The number of nitrogens with zero attached hydrogens (tertiary/aromatic N) is 2. The van der Waals surface area contributed by atoms with E-state index >= 15 is 0 Å². The lowest BCUT2D eigenvalue weighted by Gasteiger charge is -2.05. The molecule has 3 nitrogen and oxygen atoms in total. The molecule has 16 heavy (non-hydrogen) atoms. The molecule has 1 heterocycles. The van der Waals surface area contributed by atoms with E-state index in [0.717, 1.165) is 10.6 Å². The molecule has 0 atom stereocenters. The van der Waals surface area contributed by atoms with Gasteiger partial charge in [0.2, 0.25) is 0 Å². The summed E-state index contributed by atoms with van der Waals surface area (Å²) in [4.78, 5) is 4.99. The summed E-state index contributed by atoms with van der Waals surface area (Å²) in [6.07, 6.45) is 1.73. The molecule has 1 aromatic heterocycles. The molecule has 0 aliphatic rings. The van der Waals surface area contributed by atoms with Crippen molar-refractivity contribution in [2.45, 2.75) is 6.54 Å². The van der Waals surface area contributed by atoms with Crippen LogP contribution in [-0.2, 0) is 6.54 Å². The predicted molar refractivity (Wildman–Crippen MR) is 65.6 cm³/mol. The summed E-state index contributed by atoms with van der Waals surface area (Å²) in [5, 5.41) is 12.1. The molecule has 0 aliphatic heterocycles. The number of anilines is 1. The quantitative estimate of drug-likeness (QED) is 0.908. The molecule has 2 aromatic rings. The molecular formula is C11H8ClN3S. The normalized spacial score (nSPS) is 9.75. The molecule has 0 bridgehead atoms. The second-order valence-corrected chi connectivity index (χ2v) is 4.79. The Balaban J connectivity index is 2.08. The number of hydrogen-bond donors (Lipinski definition) is 1. The molecule has 2 rings (SSSR count). The maximum atomic E-state index is 8.90. The molecular weight excluding hydrogens is 242 g/mol. The van der Waals surface area contributed by atoms with Crippen molar-refractivity contribution in [2.24, 2.45) is 0 Å². The Labute approximate surface area is 102 Å². The highest BCUT2D eigenvalue weighted by atomic mass is 35.5. The van der Waals surface area contributed by atoms with Gasteiger partial charge in [-0.25, -0.2) is 4.98 Å². The van der Waals surface area contributed by atoms with Crippen molar-refractivity contribution in [3.63, 3.8) is 0 Å². The van der Waals surface area contributed by atoms with Gasteiger partial charge < -0.3 is 5.32 Å². The maximum Gasteiger partial charge on any atom is 0.183 e. The average molecular weight is 250 g/mol. The largest absolute Gasteiger partial charge is 0.379 e. The Hall–Kier alpha value is -1.57. The van der Waals surface area contributed by atoms with Crippen LogP contribution in [0.2, 0.25) is 4.47 Å². The van der Waals surface area contributed by atoms with Crippen LogP contribution in [0.15, 0.2) is 30.5 Å². The van der Waals surface area contributed by atoms with E-state index in [1.54, 1.807) is 12.3 Å². The van der Waals surface area contributed by atoms with Crippen LogP contribution in [-0.4, -0.2) is 4.98 Å². The monoisotopic (exact) mass is 249 g/mol. The van der Waals surface area contributed by atoms with E-state index in [1.165, 1.54) is 11.3 Å². The lowest BCUT2D eigenvalue weighted by atomic mass is 10.2. The van der Waals surface area contributed by atoms with Crippen LogP contribution in [0.1, 0.15) is 10.4 Å². The Morgan fingerprint density at radius 3 is 2.94 bits per heavy atom. The summed E-state index contributed by atoms with van der Waals surface area (Å²) in [6, 6.07) is 9.52. The molecule has 1 N–H and O–H groups in total. The van der Waals surface area contributed by atoms with Crippen molar-refractivity contribution in [3.8, 4) is 6.07 Å². The predicted octanol–water partition coefficient (Wildman–Crippen LogP) is 3.28. The van der Waals surface area contributed by atoms with Gasteiger partial charge in [-0.1, -0.05) is 23.7 Å². The fourth-order valence-electron chi connectivity index (χ4n) is 1.28. The van der Waals surface area contributed by atoms with E-state index in [4.69, 9.17) is 16.9 Å². The van der Waals surface area contributed by atoms with E-state index in [9.17, 15) is 0 Å². The van der Waals surface area contributed by atoms with Crippen molar-refractivity contribution in [1.29, 1.82) is 5.26 Å². The smallest absolute Gasteiger partial charge is 0.183 e. The van der Waals surface area contributed by atoms with Gasteiger partial charge in [-0.3, -0.25) is 0 Å². The van der Waals surface area contributed by atoms with E-state index in [2.05, 4.69) is 16.4 Å². The van der Waals surface area contributed by atoms with E-state index in [0.29, 0.717) is 16.6 Å². The Morgan fingerprint density at radius 1 is 1.44 bits per heavy atom. The zero-order valence-electron chi connectivity index (χ0n) is 8.27. The van der Waals surface area contributed by atoms with Gasteiger partial charge in [0.1, 0.15) is 6.07 Å². The number of hydrogen-bond acceptors (Lipinski definition) is 4. The Bertz CT molecular complexity index is 530. The van der Waals surface area contributed by atoms with Crippen LogP contribution < -0.4 is 5.32 Å². The molecule has 0 fully saturated rings. The van der Waals surface area contributed by atoms with Gasteiger partial charge in [0.15, 0.2) is 4.47 Å². The SMILES string of the molecule is N#Cc1ccccc1NCc1cnc(Cl)s1. The highest BCUT2D eigenvalue weighted by Gasteiger charge is 2.02. The minimum atomic E-state index is 0.533. The van der Waals surface area contributed by atoms with Crippen molar-refractivity contribution >= 4 is 28.6 Å². The van der Waals surface area contributed by atoms with Crippen molar-refractivity contribution in [2.75, 3.05) is 5.32 Å². The third-order valence-electron chi connectivity index (χ3n) is 2.03. The molecule has 0 spiro atoms. The zero-order chi connectivity index (χ0) is 11.4. The number of benzene rings is 1. The number of aromatic nitrogens is 1. The van der Waals surface area contributed by atoms with Gasteiger partial charge in [-0.2, -0.15) is 5.26 Å². The van der Waals surface area contributed by atoms with Gasteiger partial charge in [0.05, 0.1) is 17.8 Å². The molecule has 5 heteroatoms. The number of nitrogens with one attached hydrogen (secondary N) is 1. The van der Waals surface area contributed by atoms with Crippen LogP contribution in [0.5, 0.6) is 0 Å². The summed E-state index contributed by atoms with van der Waals surface area (Å²) < 4.78 is 0.533. The third kappa shape index (κ3) is 2.51. The molecule has 0 radical (unpaired) electrons. The number of para-hydroxylation sites is 1. The first-order valence-corrected chi connectivity index (χ1v) is 5.82. The lowest BCUT2D eigenvalue weighted by Crippen LogP contribution is -1.99. The highest BCUT2D eigenvalue weighted by molar-refractivity contribution is 7.15. The van der Waals surface area contributed by atoms with Crippen molar-refractivity contribution < 1.29 is 0 Å². The fourth-order valence-corrected chi connectivity index (χ4v) is 2.20. The summed E-state index contributed by atoms with van der Waals surface area (Å²) in [7, 11) is 0. The van der Waals surface area contributed by atoms with Crippen LogP contribution in [0, 0.1) is 11.3 Å². The molecule has 0 saturated heterocycles. The summed E-state index contributed by atoms with van der Waals surface area (Å²) >= 11 is 7.16. The van der Waals surface area contributed by atoms with Gasteiger partial charge in [0, 0.05) is 11.1 Å². The van der Waals surface area contributed by atoms with Crippen LogP contribution in [0.3, 0.4) is 0 Å². The summed E-state index contributed by atoms with van der Waals surface area (Å²) in [5.41, 5.74) is 1.47. The second kappa shape index (κ2) is 4.97. The topological polar surface area (TPSA) is 48.7 Å². The number of halogens is 1. The summed E-state index contributed by atoms with van der Waals surface area (Å²) in [6.45, 7) is 0.628. The van der Waals surface area contributed by atoms with Crippen molar-refractivity contribution in [3.05, 3.63) is 45.4 Å². The second-order valence-electron chi connectivity index (χ2n) is 3.09. The third-order valence-corrected chi connectivity index (χ3v) is 3.14. The highest BCUT2D eigenvalue weighted by Crippen LogP contribution is 2.20. The van der Waals surface area contributed by atoms with Gasteiger partial charge in [0.25, 0.3) is 0 Å². The van der Waals surface area contributed by atoms with E-state index in [1.807, 2.05) is 18.2 Å². The minimum Gasteiger partial charge on any atom is -0.379 e. The lowest BCUT2D eigenvalue weighted by molar-refractivity contribution is 1.17. The number of rotatable bonds is 3. The molecule has 0 saturated carbocycles. The van der Waals surface area contributed by atoms with Crippen LogP contribution in [0.4, 0.5) is 5.69 Å². The number of thiazole rings is 1. The summed E-state index contributed by atoms with van der Waals surface area (Å²) in [5.74, 6) is 0. The Kier molecular flexibility index (Phi) is 3.40. The molecule has 0 unspecified atom stereocenters. The van der Waals surface area contributed by atoms with E-state index < -0.39 is 0 Å². The van der Waals surface area contributed by atoms with Gasteiger partial charge in [-0.15, -0.1) is 11.3 Å². The molecule has 80 valence electrons. The first-order valence-electron chi connectivity index (χ1n) is 4.63.